The van der Waals surface area contributed by atoms with Crippen molar-refractivity contribution in [2.45, 2.75) is 26.8 Å². The zero-order valence-electron chi connectivity index (χ0n) is 11.5. The molecule has 0 heterocycles. The van der Waals surface area contributed by atoms with Crippen LogP contribution < -0.4 is 0 Å². The molecular weight excluding hydrogens is 242 g/mol. The van der Waals surface area contributed by atoms with Gasteiger partial charge in [-0.05, 0) is 31.4 Å². The first kappa shape index (κ1) is 13.6. The molecule has 2 rings (SSSR count). The van der Waals surface area contributed by atoms with Crippen LogP contribution in [-0.2, 0) is 16.1 Å². The van der Waals surface area contributed by atoms with Crippen molar-refractivity contribution in [1.82, 2.24) is 4.90 Å². The van der Waals surface area contributed by atoms with Crippen molar-refractivity contribution >= 4 is 11.9 Å². The number of benzene rings is 1. The molecule has 1 amide bonds. The molecule has 0 saturated heterocycles. The quantitative estimate of drug-likeness (QED) is 0.901. The summed E-state index contributed by atoms with van der Waals surface area (Å²) in [6.45, 7) is 4.60. The molecule has 2 unspecified atom stereocenters. The number of carbonyl (C=O) groups is 2. The standard InChI is InChI=1S/C15H19NO3/c1-9-4-5-11(10(2)6-9)8-16(3)14(17)12-7-13(12)15(18)19/h4-6,12-13H,7-8H2,1-3H3,(H,18,19). The van der Waals surface area contributed by atoms with Crippen LogP contribution in [0.15, 0.2) is 18.2 Å². The van der Waals surface area contributed by atoms with Crippen molar-refractivity contribution in [2.24, 2.45) is 11.8 Å². The Morgan fingerprint density at radius 1 is 1.32 bits per heavy atom. The van der Waals surface area contributed by atoms with Crippen LogP contribution in [-0.4, -0.2) is 28.9 Å². The van der Waals surface area contributed by atoms with Crippen LogP contribution in [0, 0.1) is 25.7 Å². The second-order valence-corrected chi connectivity index (χ2v) is 5.41. The summed E-state index contributed by atoms with van der Waals surface area (Å²) in [4.78, 5) is 24.5. The van der Waals surface area contributed by atoms with Gasteiger partial charge in [0.15, 0.2) is 0 Å². The Morgan fingerprint density at radius 3 is 2.53 bits per heavy atom. The fraction of sp³-hybridized carbons (Fsp3) is 0.467. The summed E-state index contributed by atoms with van der Waals surface area (Å²) >= 11 is 0. The number of rotatable bonds is 4. The van der Waals surface area contributed by atoms with Crippen LogP contribution in [0.2, 0.25) is 0 Å². The molecular formula is C15H19NO3. The SMILES string of the molecule is Cc1ccc(CN(C)C(=O)C2CC2C(=O)O)c(C)c1. The smallest absolute Gasteiger partial charge is 0.307 e. The van der Waals surface area contributed by atoms with Gasteiger partial charge >= 0.3 is 5.97 Å². The number of carboxylic acids is 1. The average Bonchev–Trinajstić information content (AvgIpc) is 3.11. The van der Waals surface area contributed by atoms with Gasteiger partial charge in [-0.3, -0.25) is 9.59 Å². The van der Waals surface area contributed by atoms with Gasteiger partial charge in [0.2, 0.25) is 5.91 Å². The summed E-state index contributed by atoms with van der Waals surface area (Å²) in [6.07, 6.45) is 0.478. The van der Waals surface area contributed by atoms with E-state index < -0.39 is 11.9 Å². The van der Waals surface area contributed by atoms with E-state index in [9.17, 15) is 9.59 Å². The maximum absolute atomic E-state index is 12.1. The molecule has 4 heteroatoms. The predicted octanol–water partition coefficient (Wildman–Crippen LogP) is 1.98. The molecule has 0 aromatic heterocycles. The highest BCUT2D eigenvalue weighted by Crippen LogP contribution is 2.40. The lowest BCUT2D eigenvalue weighted by Gasteiger charge is -2.18. The van der Waals surface area contributed by atoms with Gasteiger partial charge in [0.05, 0.1) is 11.8 Å². The molecule has 1 fully saturated rings. The molecule has 0 radical (unpaired) electrons. The molecule has 0 spiro atoms. The first-order chi connectivity index (χ1) is 8.90. The number of carbonyl (C=O) groups excluding carboxylic acids is 1. The largest absolute Gasteiger partial charge is 0.481 e. The van der Waals surface area contributed by atoms with Gasteiger partial charge in [0.1, 0.15) is 0 Å². The van der Waals surface area contributed by atoms with E-state index in [0.717, 1.165) is 11.1 Å². The minimum absolute atomic E-state index is 0.0626. The van der Waals surface area contributed by atoms with Crippen LogP contribution in [0.1, 0.15) is 23.1 Å². The third kappa shape index (κ3) is 2.95. The summed E-state index contributed by atoms with van der Waals surface area (Å²) in [7, 11) is 1.73. The van der Waals surface area contributed by atoms with Gasteiger partial charge in [-0.1, -0.05) is 23.8 Å². The molecule has 4 nitrogen and oxygen atoms in total. The first-order valence-electron chi connectivity index (χ1n) is 6.44. The number of amides is 1. The van der Waals surface area contributed by atoms with Gasteiger partial charge in [0, 0.05) is 13.6 Å². The van der Waals surface area contributed by atoms with Gasteiger partial charge < -0.3 is 10.0 Å². The van der Waals surface area contributed by atoms with Gasteiger partial charge in [0.25, 0.3) is 0 Å². The van der Waals surface area contributed by atoms with Crippen LogP contribution in [0.25, 0.3) is 0 Å². The summed E-state index contributed by atoms with van der Waals surface area (Å²) in [6, 6.07) is 6.14. The lowest BCUT2D eigenvalue weighted by Crippen LogP contribution is -2.29. The van der Waals surface area contributed by atoms with Crippen LogP contribution in [0.4, 0.5) is 0 Å². The van der Waals surface area contributed by atoms with E-state index in [1.165, 1.54) is 5.56 Å². The highest BCUT2D eigenvalue weighted by Gasteiger charge is 2.49. The fourth-order valence-corrected chi connectivity index (χ4v) is 2.38. The number of hydrogen-bond donors (Lipinski definition) is 1. The summed E-state index contributed by atoms with van der Waals surface area (Å²) in [5, 5.41) is 8.85. The second-order valence-electron chi connectivity index (χ2n) is 5.41. The number of carboxylic acid groups (broad SMARTS) is 1. The molecule has 0 bridgehead atoms. The van der Waals surface area contributed by atoms with Crippen molar-refractivity contribution in [2.75, 3.05) is 7.05 Å². The molecule has 0 aliphatic heterocycles. The van der Waals surface area contributed by atoms with Crippen molar-refractivity contribution < 1.29 is 14.7 Å². The van der Waals surface area contributed by atoms with Crippen LogP contribution in [0.3, 0.4) is 0 Å². The molecule has 1 aromatic rings. The van der Waals surface area contributed by atoms with Crippen molar-refractivity contribution in [3.8, 4) is 0 Å². The van der Waals surface area contributed by atoms with Gasteiger partial charge in [-0.15, -0.1) is 0 Å². The van der Waals surface area contributed by atoms with Crippen LogP contribution in [0.5, 0.6) is 0 Å². The van der Waals surface area contributed by atoms with Gasteiger partial charge in [-0.25, -0.2) is 0 Å². The topological polar surface area (TPSA) is 57.6 Å². The van der Waals surface area contributed by atoms with E-state index in [4.69, 9.17) is 5.11 Å². The molecule has 1 N–H and O–H groups in total. The van der Waals surface area contributed by atoms with Gasteiger partial charge in [-0.2, -0.15) is 0 Å². The predicted molar refractivity (Wildman–Crippen MR) is 71.6 cm³/mol. The Bertz CT molecular complexity index is 524. The Balaban J connectivity index is 1.99. The Morgan fingerprint density at radius 2 is 2.00 bits per heavy atom. The summed E-state index contributed by atoms with van der Waals surface area (Å²) in [5.74, 6) is -1.73. The van der Waals surface area contributed by atoms with E-state index in [2.05, 4.69) is 6.07 Å². The number of hydrogen-bond acceptors (Lipinski definition) is 2. The highest BCUT2D eigenvalue weighted by molar-refractivity contribution is 5.89. The molecule has 1 aliphatic rings. The molecule has 2 atom stereocenters. The third-order valence-electron chi connectivity index (χ3n) is 3.71. The Labute approximate surface area is 113 Å². The first-order valence-corrected chi connectivity index (χ1v) is 6.44. The van der Waals surface area contributed by atoms with Crippen molar-refractivity contribution in [3.05, 3.63) is 34.9 Å². The van der Waals surface area contributed by atoms with E-state index in [-0.39, 0.29) is 11.8 Å². The van der Waals surface area contributed by atoms with E-state index in [0.29, 0.717) is 13.0 Å². The maximum atomic E-state index is 12.1. The number of nitrogens with zero attached hydrogens (tertiary/aromatic N) is 1. The van der Waals surface area contributed by atoms with E-state index in [1.54, 1.807) is 11.9 Å². The molecule has 1 saturated carbocycles. The highest BCUT2D eigenvalue weighted by atomic mass is 16.4. The van der Waals surface area contributed by atoms with E-state index >= 15 is 0 Å². The normalized spacial score (nSPS) is 21.0. The minimum Gasteiger partial charge on any atom is -0.481 e. The molecule has 1 aromatic carbocycles. The number of aliphatic carboxylic acids is 1. The van der Waals surface area contributed by atoms with Crippen LogP contribution >= 0.6 is 0 Å². The zero-order valence-corrected chi connectivity index (χ0v) is 11.5. The number of aryl methyl sites for hydroxylation is 2. The Kier molecular flexibility index (Phi) is 3.60. The molecule has 1 aliphatic carbocycles. The lowest BCUT2D eigenvalue weighted by molar-refractivity contribution is -0.141. The van der Waals surface area contributed by atoms with E-state index in [1.807, 2.05) is 26.0 Å². The average molecular weight is 261 g/mol. The second kappa shape index (κ2) is 5.03. The Hall–Kier alpha value is -1.84. The minimum atomic E-state index is -0.863. The molecule has 19 heavy (non-hydrogen) atoms. The zero-order chi connectivity index (χ0) is 14.2. The van der Waals surface area contributed by atoms with Crippen molar-refractivity contribution in [1.29, 1.82) is 0 Å². The summed E-state index contributed by atoms with van der Waals surface area (Å²) in [5.41, 5.74) is 3.46. The molecule has 102 valence electrons. The van der Waals surface area contributed by atoms with Crippen molar-refractivity contribution in [3.63, 3.8) is 0 Å². The lowest BCUT2D eigenvalue weighted by atomic mass is 10.1. The maximum Gasteiger partial charge on any atom is 0.307 e. The fourth-order valence-electron chi connectivity index (χ4n) is 2.38. The monoisotopic (exact) mass is 261 g/mol. The third-order valence-corrected chi connectivity index (χ3v) is 3.71. The summed E-state index contributed by atoms with van der Waals surface area (Å²) < 4.78 is 0.